The number of hydrogen-bond donors (Lipinski definition) is 1. The summed E-state index contributed by atoms with van der Waals surface area (Å²) in [5.74, 6) is 1.94. The fourth-order valence-corrected chi connectivity index (χ4v) is 3.91. The van der Waals surface area contributed by atoms with E-state index in [-0.39, 0.29) is 0 Å². The van der Waals surface area contributed by atoms with Crippen molar-refractivity contribution in [1.29, 1.82) is 0 Å². The topological polar surface area (TPSA) is 60.7 Å². The van der Waals surface area contributed by atoms with Crippen LogP contribution >= 0.6 is 27.5 Å². The first-order chi connectivity index (χ1) is 15.5. The van der Waals surface area contributed by atoms with Crippen molar-refractivity contribution in [3.63, 3.8) is 0 Å². The molecular formula is C24H22BrClN4O2. The highest BCUT2D eigenvalue weighted by molar-refractivity contribution is 9.10. The summed E-state index contributed by atoms with van der Waals surface area (Å²) < 4.78 is 14.6. The van der Waals surface area contributed by atoms with Gasteiger partial charge in [-0.05, 0) is 70.4 Å². The fraction of sp³-hybridized carbons (Fsp3) is 0.167. The summed E-state index contributed by atoms with van der Waals surface area (Å²) >= 11 is 9.56. The first-order valence-corrected chi connectivity index (χ1v) is 11.3. The second kappa shape index (κ2) is 10.1. The van der Waals surface area contributed by atoms with Gasteiger partial charge in [-0.3, -0.25) is 0 Å². The molecule has 0 aliphatic rings. The zero-order valence-electron chi connectivity index (χ0n) is 17.7. The Hall–Kier alpha value is -3.03. The molecule has 32 heavy (non-hydrogen) atoms. The van der Waals surface area contributed by atoms with Gasteiger partial charge in [0.25, 0.3) is 0 Å². The molecule has 0 saturated carbocycles. The largest absolute Gasteiger partial charge is 0.490 e. The first-order valence-electron chi connectivity index (χ1n) is 10.1. The molecule has 3 aromatic carbocycles. The van der Waals surface area contributed by atoms with Crippen LogP contribution < -0.4 is 14.9 Å². The van der Waals surface area contributed by atoms with Gasteiger partial charge in [-0.25, -0.2) is 10.4 Å². The Kier molecular flexibility index (Phi) is 6.97. The quantitative estimate of drug-likeness (QED) is 0.218. The number of ether oxygens (including phenoxy) is 2. The minimum atomic E-state index is 0.400. The number of benzene rings is 3. The van der Waals surface area contributed by atoms with E-state index < -0.39 is 0 Å². The minimum Gasteiger partial charge on any atom is -0.490 e. The van der Waals surface area contributed by atoms with Crippen molar-refractivity contribution in [2.24, 2.45) is 12.1 Å². The molecular weight excluding hydrogens is 492 g/mol. The van der Waals surface area contributed by atoms with Crippen LogP contribution in [0.25, 0.3) is 11.0 Å². The van der Waals surface area contributed by atoms with Crippen LogP contribution in [0.1, 0.15) is 18.1 Å². The summed E-state index contributed by atoms with van der Waals surface area (Å²) in [6, 6.07) is 19.3. The highest BCUT2D eigenvalue weighted by atomic mass is 79.9. The fourth-order valence-electron chi connectivity index (χ4n) is 3.21. The Bertz CT molecular complexity index is 1260. The lowest BCUT2D eigenvalue weighted by atomic mass is 10.2. The van der Waals surface area contributed by atoms with E-state index in [1.54, 1.807) is 6.21 Å². The molecule has 0 spiro atoms. The van der Waals surface area contributed by atoms with Crippen molar-refractivity contribution in [3.8, 4) is 11.5 Å². The van der Waals surface area contributed by atoms with Gasteiger partial charge in [-0.1, -0.05) is 35.9 Å². The van der Waals surface area contributed by atoms with Gasteiger partial charge in [0.1, 0.15) is 6.61 Å². The molecule has 0 fully saturated rings. The maximum Gasteiger partial charge on any atom is 0.224 e. The Labute approximate surface area is 200 Å². The third-order valence-corrected chi connectivity index (χ3v) is 5.63. The number of nitrogens with one attached hydrogen (secondary N) is 1. The lowest BCUT2D eigenvalue weighted by molar-refractivity contribution is 0.267. The van der Waals surface area contributed by atoms with Gasteiger partial charge in [-0.15, -0.1) is 0 Å². The van der Waals surface area contributed by atoms with Gasteiger partial charge in [0.15, 0.2) is 11.5 Å². The number of halogens is 2. The van der Waals surface area contributed by atoms with E-state index in [1.165, 1.54) is 0 Å². The third-order valence-electron chi connectivity index (χ3n) is 4.79. The highest BCUT2D eigenvalue weighted by Gasteiger charge is 2.12. The SMILES string of the molecule is CCOc1cc(/C=N\Nc2nc3ccccc3n2C)cc(Br)c1OCc1ccc(Cl)cc1. The number of hydrazone groups is 1. The number of rotatable bonds is 8. The molecule has 0 atom stereocenters. The van der Waals surface area contributed by atoms with E-state index in [2.05, 4.69) is 31.4 Å². The maximum atomic E-state index is 6.04. The van der Waals surface area contributed by atoms with Crippen molar-refractivity contribution in [2.45, 2.75) is 13.5 Å². The summed E-state index contributed by atoms with van der Waals surface area (Å²) in [6.45, 7) is 2.85. The normalized spacial score (nSPS) is 11.2. The number of aryl methyl sites for hydroxylation is 1. The number of imidazole rings is 1. The molecule has 0 radical (unpaired) electrons. The number of nitrogens with zero attached hydrogens (tertiary/aromatic N) is 3. The predicted molar refractivity (Wildman–Crippen MR) is 133 cm³/mol. The third kappa shape index (κ3) is 5.06. The van der Waals surface area contributed by atoms with Crippen LogP contribution in [0.5, 0.6) is 11.5 Å². The molecule has 8 heteroatoms. The zero-order chi connectivity index (χ0) is 22.5. The minimum absolute atomic E-state index is 0.400. The molecule has 0 unspecified atom stereocenters. The van der Waals surface area contributed by atoms with E-state index in [4.69, 9.17) is 21.1 Å². The smallest absolute Gasteiger partial charge is 0.224 e. The summed E-state index contributed by atoms with van der Waals surface area (Å²) in [5.41, 5.74) is 6.83. The van der Waals surface area contributed by atoms with Crippen LogP contribution in [0, 0.1) is 0 Å². The molecule has 0 amide bonds. The number of fused-ring (bicyclic) bond motifs is 1. The molecule has 164 valence electrons. The standard InChI is InChI=1S/C24H22BrClN4O2/c1-3-31-22-13-17(12-19(25)23(22)32-15-16-8-10-18(26)11-9-16)14-27-29-24-28-20-6-4-5-7-21(20)30(24)2/h4-14H,3,15H2,1-2H3,(H,28,29)/b27-14-. The second-order valence-electron chi connectivity index (χ2n) is 7.03. The molecule has 4 rings (SSSR count). The van der Waals surface area contributed by atoms with Crippen LogP contribution in [0.3, 0.4) is 0 Å². The Morgan fingerprint density at radius 2 is 1.91 bits per heavy atom. The number of hydrogen-bond acceptors (Lipinski definition) is 5. The van der Waals surface area contributed by atoms with E-state index in [1.807, 2.05) is 79.2 Å². The van der Waals surface area contributed by atoms with Crippen molar-refractivity contribution >= 4 is 50.7 Å². The van der Waals surface area contributed by atoms with Crippen LogP contribution in [0.4, 0.5) is 5.95 Å². The highest BCUT2D eigenvalue weighted by Crippen LogP contribution is 2.37. The molecule has 4 aromatic rings. The van der Waals surface area contributed by atoms with Gasteiger partial charge in [-0.2, -0.15) is 5.10 Å². The molecule has 1 N–H and O–H groups in total. The van der Waals surface area contributed by atoms with Gasteiger partial charge >= 0.3 is 0 Å². The lowest BCUT2D eigenvalue weighted by Crippen LogP contribution is -2.02. The monoisotopic (exact) mass is 512 g/mol. The molecule has 0 saturated heterocycles. The van der Waals surface area contributed by atoms with Crippen molar-refractivity contribution in [1.82, 2.24) is 9.55 Å². The summed E-state index contributed by atoms with van der Waals surface area (Å²) in [5, 5.41) is 5.05. The maximum absolute atomic E-state index is 6.04. The van der Waals surface area contributed by atoms with Gasteiger partial charge in [0, 0.05) is 12.1 Å². The molecule has 0 aliphatic heterocycles. The molecule has 1 heterocycles. The molecule has 0 aliphatic carbocycles. The Morgan fingerprint density at radius 3 is 2.66 bits per heavy atom. The second-order valence-corrected chi connectivity index (χ2v) is 8.32. The van der Waals surface area contributed by atoms with Crippen molar-refractivity contribution in [2.75, 3.05) is 12.0 Å². The van der Waals surface area contributed by atoms with Gasteiger partial charge in [0.2, 0.25) is 5.95 Å². The molecule has 6 nitrogen and oxygen atoms in total. The zero-order valence-corrected chi connectivity index (χ0v) is 20.0. The number of para-hydroxylation sites is 2. The number of anilines is 1. The van der Waals surface area contributed by atoms with Gasteiger partial charge < -0.3 is 14.0 Å². The number of aromatic nitrogens is 2. The van der Waals surface area contributed by atoms with E-state index in [9.17, 15) is 0 Å². The predicted octanol–water partition coefficient (Wildman–Crippen LogP) is 6.41. The van der Waals surface area contributed by atoms with Crippen LogP contribution in [0.15, 0.2) is 70.2 Å². The summed E-state index contributed by atoms with van der Waals surface area (Å²) in [7, 11) is 1.95. The van der Waals surface area contributed by atoms with E-state index >= 15 is 0 Å². The van der Waals surface area contributed by atoms with E-state index in [0.717, 1.165) is 26.6 Å². The van der Waals surface area contributed by atoms with E-state index in [0.29, 0.717) is 35.7 Å². The van der Waals surface area contributed by atoms with Gasteiger partial charge in [0.05, 0.1) is 28.3 Å². The summed E-state index contributed by atoms with van der Waals surface area (Å²) in [6.07, 6.45) is 1.72. The Morgan fingerprint density at radius 1 is 1.12 bits per heavy atom. The molecule has 0 bridgehead atoms. The first kappa shape index (κ1) is 22.2. The van der Waals surface area contributed by atoms with Crippen LogP contribution in [-0.2, 0) is 13.7 Å². The average Bonchev–Trinajstić information content (AvgIpc) is 3.10. The lowest BCUT2D eigenvalue weighted by Gasteiger charge is -2.14. The Balaban J connectivity index is 1.51. The van der Waals surface area contributed by atoms with Crippen molar-refractivity contribution in [3.05, 3.63) is 81.3 Å². The summed E-state index contributed by atoms with van der Waals surface area (Å²) in [4.78, 5) is 4.56. The van der Waals surface area contributed by atoms with Crippen molar-refractivity contribution < 1.29 is 9.47 Å². The molecule has 1 aromatic heterocycles. The average molecular weight is 514 g/mol. The van der Waals surface area contributed by atoms with Crippen LogP contribution in [-0.4, -0.2) is 22.4 Å². The van der Waals surface area contributed by atoms with Crippen LogP contribution in [0.2, 0.25) is 5.02 Å².